The van der Waals surface area contributed by atoms with Crippen molar-refractivity contribution in [2.45, 2.75) is 37.8 Å². The Hall–Kier alpha value is -2.18. The third-order valence-electron chi connectivity index (χ3n) is 4.68. The number of benzene rings is 2. The Kier molecular flexibility index (Phi) is 4.67. The summed E-state index contributed by atoms with van der Waals surface area (Å²) in [6.45, 7) is 3.84. The van der Waals surface area contributed by atoms with Crippen LogP contribution in [0.3, 0.4) is 0 Å². The average molecular weight is 358 g/mol. The van der Waals surface area contributed by atoms with Crippen molar-refractivity contribution in [3.63, 3.8) is 0 Å². The highest BCUT2D eigenvalue weighted by Gasteiger charge is 2.39. The van der Waals surface area contributed by atoms with Crippen LogP contribution in [0.25, 0.3) is 0 Å². The molecule has 1 aliphatic heterocycles. The molecule has 0 aromatic heterocycles. The van der Waals surface area contributed by atoms with Crippen LogP contribution in [0.15, 0.2) is 47.4 Å². The lowest BCUT2D eigenvalue weighted by Crippen LogP contribution is -2.51. The molecule has 0 fully saturated rings. The van der Waals surface area contributed by atoms with Gasteiger partial charge >= 0.3 is 0 Å². The number of fused-ring (bicyclic) bond motifs is 1. The number of sulfonamides is 1. The molecule has 2 aromatic rings. The van der Waals surface area contributed by atoms with Crippen molar-refractivity contribution < 1.29 is 13.2 Å². The van der Waals surface area contributed by atoms with Crippen LogP contribution in [0.2, 0.25) is 0 Å². The molecule has 2 aromatic carbocycles. The Morgan fingerprint density at radius 2 is 1.80 bits per heavy atom. The third-order valence-corrected chi connectivity index (χ3v) is 6.68. The smallest absolute Gasteiger partial charge is 0.244 e. The molecule has 1 heterocycles. The van der Waals surface area contributed by atoms with E-state index in [0.29, 0.717) is 12.0 Å². The minimum absolute atomic E-state index is 0.198. The summed E-state index contributed by atoms with van der Waals surface area (Å²) >= 11 is 0. The summed E-state index contributed by atoms with van der Waals surface area (Å²) in [5.74, 6) is -0.289. The lowest BCUT2D eigenvalue weighted by molar-refractivity contribution is -0.124. The second-order valence-corrected chi connectivity index (χ2v) is 8.28. The highest BCUT2D eigenvalue weighted by molar-refractivity contribution is 7.89. The molecule has 0 radical (unpaired) electrons. The molecule has 0 spiro atoms. The van der Waals surface area contributed by atoms with Crippen LogP contribution in [0.4, 0.5) is 0 Å². The number of carbonyl (C=O) groups excluding carboxylic acids is 1. The Labute approximate surface area is 148 Å². The van der Waals surface area contributed by atoms with Crippen molar-refractivity contribution in [1.29, 1.82) is 0 Å². The maximum Gasteiger partial charge on any atom is 0.244 e. The maximum absolute atomic E-state index is 13.3. The Bertz CT molecular complexity index is 922. The highest BCUT2D eigenvalue weighted by atomic mass is 32.2. The standard InChI is InChI=1S/C19H22N2O3S/c1-13-8-9-14(2)18(10-13)25(23,24)21-12-16-7-5-4-6-15(16)11-17(21)19(22)20-3/h4-10,17H,11-12H2,1-3H3,(H,20,22). The quantitative estimate of drug-likeness (QED) is 0.914. The van der Waals surface area contributed by atoms with Gasteiger partial charge in [-0.2, -0.15) is 4.31 Å². The fourth-order valence-corrected chi connectivity index (χ4v) is 5.13. The predicted molar refractivity (Wildman–Crippen MR) is 96.6 cm³/mol. The van der Waals surface area contributed by atoms with Gasteiger partial charge < -0.3 is 5.32 Å². The molecule has 1 atom stereocenters. The number of hydrogen-bond donors (Lipinski definition) is 1. The van der Waals surface area contributed by atoms with E-state index in [1.807, 2.05) is 37.3 Å². The maximum atomic E-state index is 13.3. The minimum Gasteiger partial charge on any atom is -0.358 e. The van der Waals surface area contributed by atoms with E-state index < -0.39 is 16.1 Å². The van der Waals surface area contributed by atoms with Crippen LogP contribution in [0, 0.1) is 13.8 Å². The molecular weight excluding hydrogens is 336 g/mol. The van der Waals surface area contributed by atoms with E-state index in [4.69, 9.17) is 0 Å². The summed E-state index contributed by atoms with van der Waals surface area (Å²) in [5, 5.41) is 2.60. The first-order valence-electron chi connectivity index (χ1n) is 8.22. The van der Waals surface area contributed by atoms with Crippen molar-refractivity contribution in [2.75, 3.05) is 7.05 Å². The van der Waals surface area contributed by atoms with Gasteiger partial charge in [0, 0.05) is 13.6 Å². The van der Waals surface area contributed by atoms with Gasteiger partial charge in [0.1, 0.15) is 6.04 Å². The number of carbonyl (C=O) groups is 1. The lowest BCUT2D eigenvalue weighted by atomic mass is 9.95. The van der Waals surface area contributed by atoms with Crippen LogP contribution in [-0.2, 0) is 27.8 Å². The van der Waals surface area contributed by atoms with Crippen molar-refractivity contribution in [1.82, 2.24) is 9.62 Å². The topological polar surface area (TPSA) is 66.5 Å². The number of amides is 1. The molecule has 25 heavy (non-hydrogen) atoms. The Morgan fingerprint density at radius 1 is 1.12 bits per heavy atom. The average Bonchev–Trinajstić information content (AvgIpc) is 2.61. The number of hydrogen-bond acceptors (Lipinski definition) is 3. The third kappa shape index (κ3) is 3.19. The SMILES string of the molecule is CNC(=O)C1Cc2ccccc2CN1S(=O)(=O)c1cc(C)ccc1C. The van der Waals surface area contributed by atoms with Gasteiger partial charge in [0.2, 0.25) is 15.9 Å². The predicted octanol–water partition coefficient (Wildman–Crippen LogP) is 2.17. The fraction of sp³-hybridized carbons (Fsp3) is 0.316. The zero-order valence-corrected chi connectivity index (χ0v) is 15.4. The second kappa shape index (κ2) is 6.61. The zero-order chi connectivity index (χ0) is 18.2. The molecule has 6 heteroatoms. The van der Waals surface area contributed by atoms with Crippen molar-refractivity contribution in [3.8, 4) is 0 Å². The molecule has 0 aliphatic carbocycles. The first kappa shape index (κ1) is 17.6. The molecule has 132 valence electrons. The Balaban J connectivity index is 2.11. The van der Waals surface area contributed by atoms with Gasteiger partial charge in [-0.15, -0.1) is 0 Å². The largest absolute Gasteiger partial charge is 0.358 e. The van der Waals surface area contributed by atoms with E-state index in [-0.39, 0.29) is 17.3 Å². The molecule has 1 unspecified atom stereocenters. The normalized spacial score (nSPS) is 17.8. The van der Waals surface area contributed by atoms with Crippen molar-refractivity contribution >= 4 is 15.9 Å². The van der Waals surface area contributed by atoms with E-state index >= 15 is 0 Å². The summed E-state index contributed by atoms with van der Waals surface area (Å²) in [4.78, 5) is 12.7. The van der Waals surface area contributed by atoms with E-state index in [0.717, 1.165) is 16.7 Å². The van der Waals surface area contributed by atoms with Gasteiger partial charge in [0.05, 0.1) is 4.90 Å². The molecule has 1 amide bonds. The minimum atomic E-state index is -3.79. The molecule has 1 N–H and O–H groups in total. The fourth-order valence-electron chi connectivity index (χ4n) is 3.25. The van der Waals surface area contributed by atoms with E-state index in [1.165, 1.54) is 11.4 Å². The number of nitrogens with one attached hydrogen (secondary N) is 1. The summed E-state index contributed by atoms with van der Waals surface area (Å²) in [7, 11) is -2.26. The number of rotatable bonds is 3. The van der Waals surface area contributed by atoms with E-state index in [2.05, 4.69) is 5.32 Å². The van der Waals surface area contributed by atoms with Crippen LogP contribution in [-0.4, -0.2) is 31.7 Å². The molecular formula is C19H22N2O3S. The van der Waals surface area contributed by atoms with Crippen molar-refractivity contribution in [3.05, 3.63) is 64.7 Å². The zero-order valence-electron chi connectivity index (χ0n) is 14.6. The van der Waals surface area contributed by atoms with Crippen molar-refractivity contribution in [2.24, 2.45) is 0 Å². The lowest BCUT2D eigenvalue weighted by Gasteiger charge is -2.35. The second-order valence-electron chi connectivity index (χ2n) is 6.42. The number of nitrogens with zero attached hydrogens (tertiary/aromatic N) is 1. The summed E-state index contributed by atoms with van der Waals surface area (Å²) in [6.07, 6.45) is 0.375. The van der Waals surface area contributed by atoms with Gasteiger partial charge in [-0.3, -0.25) is 4.79 Å². The summed E-state index contributed by atoms with van der Waals surface area (Å²) in [6, 6.07) is 12.3. The highest BCUT2D eigenvalue weighted by Crippen LogP contribution is 2.30. The molecule has 3 rings (SSSR count). The monoisotopic (exact) mass is 358 g/mol. The summed E-state index contributed by atoms with van der Waals surface area (Å²) < 4.78 is 28.0. The van der Waals surface area contributed by atoms with Crippen LogP contribution in [0.5, 0.6) is 0 Å². The van der Waals surface area contributed by atoms with Gasteiger partial charge in [0.25, 0.3) is 0 Å². The molecule has 0 saturated carbocycles. The van der Waals surface area contributed by atoms with E-state index in [1.54, 1.807) is 19.1 Å². The van der Waals surface area contributed by atoms with Crippen LogP contribution in [0.1, 0.15) is 22.3 Å². The number of aryl methyl sites for hydroxylation is 2. The Morgan fingerprint density at radius 3 is 2.48 bits per heavy atom. The van der Waals surface area contributed by atoms with Crippen LogP contribution < -0.4 is 5.32 Å². The first-order valence-corrected chi connectivity index (χ1v) is 9.66. The van der Waals surface area contributed by atoms with Gasteiger partial charge in [-0.1, -0.05) is 36.4 Å². The molecule has 0 saturated heterocycles. The van der Waals surface area contributed by atoms with Gasteiger partial charge in [-0.25, -0.2) is 8.42 Å². The molecule has 1 aliphatic rings. The number of likely N-dealkylation sites (N-methyl/N-ethyl adjacent to an activating group) is 1. The molecule has 0 bridgehead atoms. The summed E-state index contributed by atoms with van der Waals surface area (Å²) in [5.41, 5.74) is 3.51. The van der Waals surface area contributed by atoms with Gasteiger partial charge in [-0.05, 0) is 48.6 Å². The first-order chi connectivity index (χ1) is 11.8. The van der Waals surface area contributed by atoms with Gasteiger partial charge in [0.15, 0.2) is 0 Å². The molecule has 5 nitrogen and oxygen atoms in total. The van der Waals surface area contributed by atoms with Crippen LogP contribution >= 0.6 is 0 Å². The van der Waals surface area contributed by atoms with E-state index in [9.17, 15) is 13.2 Å².